The average Bonchev–Trinajstić information content (AvgIpc) is 2.16. The topological polar surface area (TPSA) is 118 Å². The highest BCUT2D eigenvalue weighted by Gasteiger charge is 2.27. The van der Waals surface area contributed by atoms with E-state index in [1.807, 2.05) is 0 Å². The second kappa shape index (κ2) is 6.44. The number of aliphatic carboxylic acids is 1. The summed E-state index contributed by atoms with van der Waals surface area (Å²) in [6, 6.07) is -0.353. The molecular formula is C10H21N3O3. The number of carbonyl (C=O) groups is 2. The second-order valence-corrected chi connectivity index (χ2v) is 4.21. The summed E-state index contributed by atoms with van der Waals surface area (Å²) in [4.78, 5) is 21.6. The number of likely N-dealkylation sites (N-methyl/N-ethyl adjacent to an activating group) is 1. The monoisotopic (exact) mass is 231 g/mol. The highest BCUT2D eigenvalue weighted by molar-refractivity contribution is 5.79. The van der Waals surface area contributed by atoms with Crippen LogP contribution >= 0.6 is 0 Å². The van der Waals surface area contributed by atoms with Crippen LogP contribution in [0.25, 0.3) is 0 Å². The predicted molar refractivity (Wildman–Crippen MR) is 60.7 cm³/mol. The van der Waals surface area contributed by atoms with Crippen molar-refractivity contribution < 1.29 is 14.7 Å². The van der Waals surface area contributed by atoms with Crippen molar-refractivity contribution in [1.82, 2.24) is 5.32 Å². The number of primary amides is 1. The van der Waals surface area contributed by atoms with E-state index >= 15 is 0 Å². The van der Waals surface area contributed by atoms with Crippen LogP contribution in [0.5, 0.6) is 0 Å². The van der Waals surface area contributed by atoms with Crippen LogP contribution in [0.2, 0.25) is 0 Å². The van der Waals surface area contributed by atoms with Gasteiger partial charge in [0.15, 0.2) is 0 Å². The highest BCUT2D eigenvalue weighted by Crippen LogP contribution is 2.12. The van der Waals surface area contributed by atoms with Gasteiger partial charge in [-0.2, -0.15) is 0 Å². The van der Waals surface area contributed by atoms with Crippen LogP contribution < -0.4 is 16.8 Å². The van der Waals surface area contributed by atoms with Crippen LogP contribution in [0, 0.1) is 0 Å². The lowest BCUT2D eigenvalue weighted by atomic mass is 9.95. The molecule has 2 unspecified atom stereocenters. The van der Waals surface area contributed by atoms with E-state index in [-0.39, 0.29) is 6.04 Å². The van der Waals surface area contributed by atoms with Gasteiger partial charge in [-0.1, -0.05) is 12.8 Å². The first-order valence-corrected chi connectivity index (χ1v) is 5.30. The van der Waals surface area contributed by atoms with Gasteiger partial charge < -0.3 is 21.9 Å². The number of carboxylic acid groups (broad SMARTS) is 1. The summed E-state index contributed by atoms with van der Waals surface area (Å²) in [6.45, 7) is 1.49. The molecule has 0 bridgehead atoms. The molecule has 0 heterocycles. The zero-order valence-corrected chi connectivity index (χ0v) is 9.82. The molecule has 0 saturated carbocycles. The van der Waals surface area contributed by atoms with Crippen molar-refractivity contribution in [2.75, 3.05) is 7.05 Å². The second-order valence-electron chi connectivity index (χ2n) is 4.21. The van der Waals surface area contributed by atoms with E-state index < -0.39 is 17.4 Å². The van der Waals surface area contributed by atoms with Crippen molar-refractivity contribution >= 4 is 11.9 Å². The lowest BCUT2D eigenvalue weighted by molar-refractivity contribution is -0.143. The van der Waals surface area contributed by atoms with Crippen LogP contribution in [-0.4, -0.2) is 35.6 Å². The molecule has 0 radical (unpaired) electrons. The zero-order chi connectivity index (χ0) is 12.8. The number of nitrogens with two attached hydrogens (primary N) is 2. The number of hydrogen-bond acceptors (Lipinski definition) is 4. The molecular weight excluding hydrogens is 210 g/mol. The summed E-state index contributed by atoms with van der Waals surface area (Å²) in [5, 5.41) is 11.6. The Labute approximate surface area is 95.4 Å². The van der Waals surface area contributed by atoms with Crippen molar-refractivity contribution in [1.29, 1.82) is 0 Å². The Morgan fingerprint density at radius 3 is 2.38 bits per heavy atom. The maximum atomic E-state index is 10.9. The Morgan fingerprint density at radius 2 is 2.00 bits per heavy atom. The lowest BCUT2D eigenvalue weighted by Gasteiger charge is -2.19. The fourth-order valence-corrected chi connectivity index (χ4v) is 1.38. The normalized spacial score (nSPS) is 16.4. The molecule has 0 aliphatic heterocycles. The molecule has 0 spiro atoms. The van der Waals surface area contributed by atoms with Gasteiger partial charge in [-0.3, -0.25) is 9.59 Å². The third-order valence-corrected chi connectivity index (χ3v) is 2.62. The number of carboxylic acids is 1. The summed E-state index contributed by atoms with van der Waals surface area (Å²) >= 11 is 0. The molecule has 16 heavy (non-hydrogen) atoms. The number of amides is 1. The summed E-state index contributed by atoms with van der Waals surface area (Å²) in [5.41, 5.74) is 9.51. The minimum atomic E-state index is -1.19. The lowest BCUT2D eigenvalue weighted by Crippen LogP contribution is -2.44. The first kappa shape index (κ1) is 14.9. The van der Waals surface area contributed by atoms with Crippen LogP contribution in [0.4, 0.5) is 0 Å². The SMILES string of the molecule is CNC(CCCCC(C)(N)C(=O)O)C(N)=O. The predicted octanol–water partition coefficient (Wildman–Crippen LogP) is -0.578. The van der Waals surface area contributed by atoms with Crippen molar-refractivity contribution in [2.24, 2.45) is 11.5 Å². The summed E-state index contributed by atoms with van der Waals surface area (Å²) in [7, 11) is 1.67. The molecule has 0 saturated heterocycles. The van der Waals surface area contributed by atoms with Crippen molar-refractivity contribution in [3.05, 3.63) is 0 Å². The Bertz CT molecular complexity index is 254. The molecule has 94 valence electrons. The van der Waals surface area contributed by atoms with Crippen molar-refractivity contribution in [3.8, 4) is 0 Å². The van der Waals surface area contributed by atoms with Gasteiger partial charge >= 0.3 is 5.97 Å². The standard InChI is InChI=1S/C10H21N3O3/c1-10(12,9(15)16)6-4-3-5-7(13-2)8(11)14/h7,13H,3-6,12H2,1-2H3,(H2,11,14)(H,15,16). The Balaban J connectivity index is 3.83. The summed E-state index contributed by atoms with van der Waals surface area (Å²) in [5.74, 6) is -1.40. The van der Waals surface area contributed by atoms with E-state index in [1.54, 1.807) is 7.05 Å². The number of carbonyl (C=O) groups excluding carboxylic acids is 1. The maximum Gasteiger partial charge on any atom is 0.323 e. The average molecular weight is 231 g/mol. The van der Waals surface area contributed by atoms with Gasteiger partial charge in [0.2, 0.25) is 5.91 Å². The number of hydrogen-bond donors (Lipinski definition) is 4. The Morgan fingerprint density at radius 1 is 1.44 bits per heavy atom. The highest BCUT2D eigenvalue weighted by atomic mass is 16.4. The number of nitrogens with one attached hydrogen (secondary N) is 1. The molecule has 2 atom stereocenters. The first-order valence-electron chi connectivity index (χ1n) is 5.30. The van der Waals surface area contributed by atoms with Gasteiger partial charge in [0.1, 0.15) is 5.54 Å². The molecule has 6 heteroatoms. The van der Waals surface area contributed by atoms with E-state index in [1.165, 1.54) is 6.92 Å². The molecule has 0 aromatic rings. The van der Waals surface area contributed by atoms with Gasteiger partial charge in [-0.15, -0.1) is 0 Å². The molecule has 0 rings (SSSR count). The minimum absolute atomic E-state index is 0.353. The van der Waals surface area contributed by atoms with Crippen LogP contribution in [0.15, 0.2) is 0 Å². The molecule has 6 N–H and O–H groups in total. The van der Waals surface area contributed by atoms with Gasteiger partial charge in [0.25, 0.3) is 0 Å². The Kier molecular flexibility index (Phi) is 5.98. The van der Waals surface area contributed by atoms with E-state index in [9.17, 15) is 9.59 Å². The minimum Gasteiger partial charge on any atom is -0.480 e. The third kappa shape index (κ3) is 5.09. The molecule has 6 nitrogen and oxygen atoms in total. The molecule has 0 aromatic heterocycles. The van der Waals surface area contributed by atoms with Crippen molar-refractivity contribution in [2.45, 2.75) is 44.2 Å². The summed E-state index contributed by atoms with van der Waals surface area (Å²) in [6.07, 6.45) is 2.36. The third-order valence-electron chi connectivity index (χ3n) is 2.62. The molecule has 0 aliphatic carbocycles. The summed E-state index contributed by atoms with van der Waals surface area (Å²) < 4.78 is 0. The quantitative estimate of drug-likeness (QED) is 0.417. The fourth-order valence-electron chi connectivity index (χ4n) is 1.38. The zero-order valence-electron chi connectivity index (χ0n) is 9.82. The smallest absolute Gasteiger partial charge is 0.323 e. The largest absolute Gasteiger partial charge is 0.480 e. The van der Waals surface area contributed by atoms with E-state index in [2.05, 4.69) is 5.32 Å². The Hall–Kier alpha value is -1.14. The van der Waals surface area contributed by atoms with E-state index in [0.29, 0.717) is 25.7 Å². The van der Waals surface area contributed by atoms with Crippen LogP contribution in [0.3, 0.4) is 0 Å². The maximum absolute atomic E-state index is 10.9. The first-order chi connectivity index (χ1) is 7.31. The molecule has 0 aliphatic rings. The molecule has 1 amide bonds. The van der Waals surface area contributed by atoms with Gasteiger partial charge in [0, 0.05) is 0 Å². The molecule has 0 fully saturated rings. The van der Waals surface area contributed by atoms with Gasteiger partial charge in [-0.05, 0) is 26.8 Å². The van der Waals surface area contributed by atoms with E-state index in [4.69, 9.17) is 16.6 Å². The van der Waals surface area contributed by atoms with E-state index in [0.717, 1.165) is 0 Å². The fraction of sp³-hybridized carbons (Fsp3) is 0.800. The molecule has 0 aromatic carbocycles. The van der Waals surface area contributed by atoms with Crippen LogP contribution in [0.1, 0.15) is 32.6 Å². The number of rotatable bonds is 8. The van der Waals surface area contributed by atoms with Crippen LogP contribution in [-0.2, 0) is 9.59 Å². The van der Waals surface area contributed by atoms with Gasteiger partial charge in [0.05, 0.1) is 6.04 Å². The number of unbranched alkanes of at least 4 members (excludes halogenated alkanes) is 1. The van der Waals surface area contributed by atoms with Crippen molar-refractivity contribution in [3.63, 3.8) is 0 Å². The van der Waals surface area contributed by atoms with Gasteiger partial charge in [-0.25, -0.2) is 0 Å².